The summed E-state index contributed by atoms with van der Waals surface area (Å²) < 4.78 is 3.40. The highest BCUT2D eigenvalue weighted by Gasteiger charge is 2.29. The maximum Gasteiger partial charge on any atom is 0.298 e. The quantitative estimate of drug-likeness (QED) is 0.580. The number of nitrogens with one attached hydrogen (secondary N) is 1. The molecule has 1 aliphatic rings. The van der Waals surface area contributed by atoms with Crippen LogP contribution in [0.15, 0.2) is 53.8 Å². The van der Waals surface area contributed by atoms with Crippen LogP contribution in [0.25, 0.3) is 17.0 Å². The summed E-state index contributed by atoms with van der Waals surface area (Å²) in [6.07, 6.45) is 6.02. The van der Waals surface area contributed by atoms with Gasteiger partial charge in [0.1, 0.15) is 5.69 Å². The summed E-state index contributed by atoms with van der Waals surface area (Å²) in [4.78, 5) is 27.0. The van der Waals surface area contributed by atoms with Gasteiger partial charge < -0.3 is 9.88 Å². The van der Waals surface area contributed by atoms with Crippen LogP contribution in [0.4, 0.5) is 5.95 Å². The minimum absolute atomic E-state index is 0.0157. The van der Waals surface area contributed by atoms with E-state index in [1.54, 1.807) is 27.8 Å². The highest BCUT2D eigenvalue weighted by Crippen LogP contribution is 2.30. The summed E-state index contributed by atoms with van der Waals surface area (Å²) in [5.41, 5.74) is 3.03. The third-order valence-electron chi connectivity index (χ3n) is 5.59. The Morgan fingerprint density at radius 1 is 1.17 bits per heavy atom. The lowest BCUT2D eigenvalue weighted by Crippen LogP contribution is -2.34. The van der Waals surface area contributed by atoms with Crippen molar-refractivity contribution in [3.8, 4) is 11.4 Å². The lowest BCUT2D eigenvalue weighted by molar-refractivity contribution is 0.550. The molecule has 4 aromatic rings. The molecule has 1 atom stereocenters. The van der Waals surface area contributed by atoms with E-state index in [2.05, 4.69) is 44.1 Å². The molecule has 0 amide bonds. The zero-order valence-electron chi connectivity index (χ0n) is 16.5. The van der Waals surface area contributed by atoms with E-state index >= 15 is 0 Å². The third-order valence-corrected chi connectivity index (χ3v) is 5.59. The summed E-state index contributed by atoms with van der Waals surface area (Å²) in [6, 6.07) is 10.5. The monoisotopic (exact) mass is 389 g/mol. The fourth-order valence-corrected chi connectivity index (χ4v) is 4.13. The summed E-state index contributed by atoms with van der Waals surface area (Å²) in [7, 11) is 0. The molecule has 1 fully saturated rings. The number of hydrogen-bond donors (Lipinski definition) is 1. The number of benzene rings is 1. The second kappa shape index (κ2) is 6.88. The molecule has 148 valence electrons. The molecule has 1 aromatic carbocycles. The lowest BCUT2D eigenvalue weighted by Gasteiger charge is -2.24. The van der Waals surface area contributed by atoms with Crippen LogP contribution < -0.4 is 10.5 Å². The van der Waals surface area contributed by atoms with Crippen LogP contribution in [0, 0.1) is 0 Å². The van der Waals surface area contributed by atoms with Gasteiger partial charge >= 0.3 is 0 Å². The van der Waals surface area contributed by atoms with E-state index in [-0.39, 0.29) is 11.6 Å². The third kappa shape index (κ3) is 2.91. The Kier molecular flexibility index (Phi) is 4.19. The molecule has 0 unspecified atom stereocenters. The standard InChI is InChI=1S/C21H23N7O/c1-14(2)27-20(29)19-23-11-18(17-10-22-13-24-17)28(19)25-21(27)26-9-8-16(12-26)15-6-4-3-5-7-15/h3-7,10-11,13-14,16H,8-9,12H2,1-2H3,(H,22,24)/t16-/m0/s1. The van der Waals surface area contributed by atoms with E-state index in [1.165, 1.54) is 5.56 Å². The minimum atomic E-state index is -0.126. The largest absolute Gasteiger partial charge is 0.343 e. The second-order valence-corrected chi connectivity index (χ2v) is 7.76. The summed E-state index contributed by atoms with van der Waals surface area (Å²) in [5.74, 6) is 1.12. The molecule has 8 nitrogen and oxygen atoms in total. The highest BCUT2D eigenvalue weighted by atomic mass is 16.1. The Morgan fingerprint density at radius 2 is 2.00 bits per heavy atom. The van der Waals surface area contributed by atoms with Crippen molar-refractivity contribution in [1.29, 1.82) is 0 Å². The van der Waals surface area contributed by atoms with Gasteiger partial charge in [0.25, 0.3) is 5.56 Å². The molecular weight excluding hydrogens is 366 g/mol. The van der Waals surface area contributed by atoms with Crippen molar-refractivity contribution in [2.24, 2.45) is 0 Å². The zero-order valence-corrected chi connectivity index (χ0v) is 16.5. The molecule has 3 aromatic heterocycles. The van der Waals surface area contributed by atoms with Gasteiger partial charge in [-0.15, -0.1) is 5.10 Å². The molecule has 1 N–H and O–H groups in total. The number of nitrogens with zero attached hydrogens (tertiary/aromatic N) is 6. The van der Waals surface area contributed by atoms with Crippen molar-refractivity contribution in [2.75, 3.05) is 18.0 Å². The number of hydrogen-bond acceptors (Lipinski definition) is 5. The molecule has 29 heavy (non-hydrogen) atoms. The predicted octanol–water partition coefficient (Wildman–Crippen LogP) is 2.86. The Morgan fingerprint density at radius 3 is 2.72 bits per heavy atom. The van der Waals surface area contributed by atoms with Crippen LogP contribution >= 0.6 is 0 Å². The Hall–Kier alpha value is -3.42. The first-order valence-corrected chi connectivity index (χ1v) is 9.92. The van der Waals surface area contributed by atoms with Gasteiger partial charge in [-0.05, 0) is 25.8 Å². The lowest BCUT2D eigenvalue weighted by atomic mass is 9.99. The van der Waals surface area contributed by atoms with Crippen LogP contribution in [-0.2, 0) is 0 Å². The highest BCUT2D eigenvalue weighted by molar-refractivity contribution is 5.58. The number of anilines is 1. The summed E-state index contributed by atoms with van der Waals surface area (Å²) >= 11 is 0. The smallest absolute Gasteiger partial charge is 0.298 e. The van der Waals surface area contributed by atoms with E-state index in [4.69, 9.17) is 5.10 Å². The first-order chi connectivity index (χ1) is 14.1. The first-order valence-electron chi connectivity index (χ1n) is 9.92. The van der Waals surface area contributed by atoms with Gasteiger partial charge in [-0.2, -0.15) is 0 Å². The molecule has 5 rings (SSSR count). The average Bonchev–Trinajstić information content (AvgIpc) is 3.47. The molecular formula is C21H23N7O. The van der Waals surface area contributed by atoms with Crippen molar-refractivity contribution < 1.29 is 0 Å². The minimum Gasteiger partial charge on any atom is -0.343 e. The second-order valence-electron chi connectivity index (χ2n) is 7.76. The van der Waals surface area contributed by atoms with Crippen molar-refractivity contribution in [3.05, 3.63) is 65.0 Å². The van der Waals surface area contributed by atoms with Crippen LogP contribution in [0.5, 0.6) is 0 Å². The fraction of sp³-hybridized carbons (Fsp3) is 0.333. The number of imidazole rings is 2. The Labute approximate surface area is 167 Å². The normalized spacial score (nSPS) is 16.9. The van der Waals surface area contributed by atoms with Crippen molar-refractivity contribution in [3.63, 3.8) is 0 Å². The van der Waals surface area contributed by atoms with Crippen LogP contribution in [-0.4, -0.2) is 42.2 Å². The van der Waals surface area contributed by atoms with Crippen LogP contribution in [0.2, 0.25) is 0 Å². The van der Waals surface area contributed by atoms with Gasteiger partial charge in [-0.1, -0.05) is 30.3 Å². The van der Waals surface area contributed by atoms with Crippen LogP contribution in [0.3, 0.4) is 0 Å². The average molecular weight is 389 g/mol. The van der Waals surface area contributed by atoms with Gasteiger partial charge in [0.2, 0.25) is 11.6 Å². The van der Waals surface area contributed by atoms with Gasteiger partial charge in [0.15, 0.2) is 0 Å². The Bertz CT molecular complexity index is 1190. The van der Waals surface area contributed by atoms with E-state index in [0.717, 1.165) is 30.9 Å². The fourth-order valence-electron chi connectivity index (χ4n) is 4.13. The van der Waals surface area contributed by atoms with Gasteiger partial charge in [0, 0.05) is 25.0 Å². The number of H-pyrrole nitrogens is 1. The SMILES string of the molecule is CC(C)n1c(N2CC[C@H](c3ccccc3)C2)nn2c(-c3cnc[nH]3)cnc2c1=O. The Balaban J connectivity index is 1.62. The first kappa shape index (κ1) is 17.7. The molecule has 0 saturated carbocycles. The van der Waals surface area contributed by atoms with Crippen molar-refractivity contribution in [1.82, 2.24) is 29.1 Å². The number of aromatic nitrogens is 6. The van der Waals surface area contributed by atoms with Crippen molar-refractivity contribution >= 4 is 11.6 Å². The molecule has 8 heteroatoms. The predicted molar refractivity (Wildman–Crippen MR) is 111 cm³/mol. The van der Waals surface area contributed by atoms with Crippen LogP contribution in [0.1, 0.15) is 37.8 Å². The number of rotatable bonds is 4. The summed E-state index contributed by atoms with van der Waals surface area (Å²) in [5, 5.41) is 4.88. The van der Waals surface area contributed by atoms with Gasteiger partial charge in [-0.25, -0.2) is 14.5 Å². The molecule has 0 bridgehead atoms. The number of aromatic amines is 1. The van der Waals surface area contributed by atoms with E-state index < -0.39 is 0 Å². The van der Waals surface area contributed by atoms with Gasteiger partial charge in [0.05, 0.1) is 24.4 Å². The molecule has 0 radical (unpaired) electrons. The number of fused-ring (bicyclic) bond motifs is 1. The van der Waals surface area contributed by atoms with Crippen molar-refractivity contribution in [2.45, 2.75) is 32.2 Å². The van der Waals surface area contributed by atoms with E-state index in [0.29, 0.717) is 17.5 Å². The zero-order chi connectivity index (χ0) is 20.0. The maximum atomic E-state index is 13.3. The molecule has 4 heterocycles. The van der Waals surface area contributed by atoms with E-state index in [1.807, 2.05) is 19.9 Å². The maximum absolute atomic E-state index is 13.3. The summed E-state index contributed by atoms with van der Waals surface area (Å²) in [6.45, 7) is 5.71. The molecule has 0 aliphatic carbocycles. The molecule has 1 aliphatic heterocycles. The van der Waals surface area contributed by atoms with E-state index in [9.17, 15) is 4.79 Å². The molecule has 1 saturated heterocycles. The molecule has 0 spiro atoms. The topological polar surface area (TPSA) is 84.1 Å². The van der Waals surface area contributed by atoms with Gasteiger partial charge in [-0.3, -0.25) is 9.36 Å².